The van der Waals surface area contributed by atoms with E-state index in [9.17, 15) is 44.1 Å². The van der Waals surface area contributed by atoms with E-state index in [0.717, 1.165) is 35.3 Å². The number of unbranched alkanes of at least 4 members (excludes halogenated alkanes) is 1. The topological polar surface area (TPSA) is 240 Å². The van der Waals surface area contributed by atoms with Gasteiger partial charge in [-0.05, 0) is 103 Å². The van der Waals surface area contributed by atoms with Crippen LogP contribution in [0.15, 0.2) is 84.9 Å². The van der Waals surface area contributed by atoms with E-state index in [1.165, 1.54) is 55.9 Å². The van der Waals surface area contributed by atoms with Crippen LogP contribution in [-0.4, -0.2) is 94.0 Å². The Morgan fingerprint density at radius 2 is 1.48 bits per heavy atom. The van der Waals surface area contributed by atoms with Crippen molar-refractivity contribution in [3.8, 4) is 33.8 Å². The monoisotopic (exact) mass is 848 g/mol. The average Bonchev–Trinajstić information content (AvgIpc) is 3.26. The lowest BCUT2D eigenvalue weighted by atomic mass is 9.93. The van der Waals surface area contributed by atoms with E-state index < -0.39 is 59.7 Å². The number of carboxylic acid groups (broad SMARTS) is 1. The van der Waals surface area contributed by atoms with Gasteiger partial charge in [-0.15, -0.1) is 0 Å². The van der Waals surface area contributed by atoms with Gasteiger partial charge in [0, 0.05) is 36.7 Å². The van der Waals surface area contributed by atoms with Crippen LogP contribution in [0, 0.1) is 5.92 Å². The second kappa shape index (κ2) is 21.2. The molecule has 4 bridgehead atoms. The Morgan fingerprint density at radius 1 is 0.855 bits per heavy atom. The van der Waals surface area contributed by atoms with E-state index in [1.54, 1.807) is 19.1 Å². The van der Waals surface area contributed by atoms with E-state index in [0.29, 0.717) is 17.5 Å². The number of nitrogens with two attached hydrogens (primary N) is 1. The smallest absolute Gasteiger partial charge is 0.326 e. The van der Waals surface area contributed by atoms with Crippen molar-refractivity contribution in [3.05, 3.63) is 107 Å². The molecule has 5 amide bonds. The Balaban J connectivity index is 1.33. The number of aryl methyl sites for hydroxylation is 1. The SMILES string of the molecule is CCCCc1ccc(-c2ccc(C(=O)NCC(C)C(=O)N[C@@H](CCCN)C(=O)N(C)[C@@H]3C(=O)N[C@@H](C)C(=O)N[C@H](C(=O)O)Cc4ccc(O)c(c4)-c4cc3ccc4O)cc2)cc1. The third-order valence-corrected chi connectivity index (χ3v) is 11.1. The molecule has 4 aromatic carbocycles. The van der Waals surface area contributed by atoms with Crippen LogP contribution in [0.4, 0.5) is 0 Å². The number of phenolic OH excluding ortho intramolecular Hbond substituents is 2. The van der Waals surface area contributed by atoms with Crippen molar-refractivity contribution < 1.29 is 44.1 Å². The highest BCUT2D eigenvalue weighted by Crippen LogP contribution is 2.39. The van der Waals surface area contributed by atoms with Gasteiger partial charge in [0.1, 0.15) is 35.7 Å². The number of nitrogens with zero attached hydrogens (tertiary/aromatic N) is 1. The number of hydrogen-bond donors (Lipinski definition) is 8. The first-order valence-electron chi connectivity index (χ1n) is 20.8. The molecule has 328 valence electrons. The molecule has 15 nitrogen and oxygen atoms in total. The molecule has 0 radical (unpaired) electrons. The Labute approximate surface area is 361 Å². The van der Waals surface area contributed by atoms with Crippen molar-refractivity contribution in [1.29, 1.82) is 0 Å². The maximum Gasteiger partial charge on any atom is 0.326 e. The van der Waals surface area contributed by atoms with E-state index in [1.807, 2.05) is 12.1 Å². The van der Waals surface area contributed by atoms with Gasteiger partial charge in [-0.25, -0.2) is 4.79 Å². The number of carbonyl (C=O) groups excluding carboxylic acids is 5. The van der Waals surface area contributed by atoms with Crippen LogP contribution < -0.4 is 27.0 Å². The third-order valence-electron chi connectivity index (χ3n) is 11.1. The molecule has 0 saturated heterocycles. The van der Waals surface area contributed by atoms with Crippen molar-refractivity contribution in [2.75, 3.05) is 20.1 Å². The molecular formula is C47H56N6O9. The maximum absolute atomic E-state index is 14.4. The lowest BCUT2D eigenvalue weighted by molar-refractivity contribution is -0.144. The lowest BCUT2D eigenvalue weighted by Gasteiger charge is -2.32. The zero-order chi connectivity index (χ0) is 45.1. The maximum atomic E-state index is 14.4. The second-order valence-corrected chi connectivity index (χ2v) is 15.8. The number of carbonyl (C=O) groups is 6. The third kappa shape index (κ3) is 11.5. The highest BCUT2D eigenvalue weighted by Gasteiger charge is 2.36. The van der Waals surface area contributed by atoms with Crippen LogP contribution >= 0.6 is 0 Å². The summed E-state index contributed by atoms with van der Waals surface area (Å²) in [6.45, 7) is 5.28. The molecule has 0 aliphatic carbocycles. The van der Waals surface area contributed by atoms with Crippen molar-refractivity contribution in [3.63, 3.8) is 0 Å². The van der Waals surface area contributed by atoms with Crippen molar-refractivity contribution >= 4 is 35.5 Å². The molecule has 4 aromatic rings. The summed E-state index contributed by atoms with van der Waals surface area (Å²) in [7, 11) is 1.35. The minimum Gasteiger partial charge on any atom is -0.507 e. The first kappa shape index (κ1) is 46.3. The Kier molecular flexibility index (Phi) is 15.8. The predicted octanol–water partition coefficient (Wildman–Crippen LogP) is 4.19. The van der Waals surface area contributed by atoms with E-state index in [2.05, 4.69) is 52.5 Å². The van der Waals surface area contributed by atoms with Gasteiger partial charge < -0.3 is 47.2 Å². The van der Waals surface area contributed by atoms with Gasteiger partial charge in [0.05, 0.1) is 5.92 Å². The summed E-state index contributed by atoms with van der Waals surface area (Å²) in [6, 6.07) is 18.7. The second-order valence-electron chi connectivity index (χ2n) is 15.8. The molecule has 0 saturated carbocycles. The van der Waals surface area contributed by atoms with Gasteiger partial charge >= 0.3 is 5.97 Å². The molecule has 1 unspecified atom stereocenters. The number of amides is 5. The number of rotatable bonds is 15. The number of nitrogens with one attached hydrogen (secondary N) is 4. The summed E-state index contributed by atoms with van der Waals surface area (Å²) in [5.74, 6) is -5.86. The molecule has 1 heterocycles. The predicted molar refractivity (Wildman–Crippen MR) is 234 cm³/mol. The molecule has 15 heteroatoms. The lowest BCUT2D eigenvalue weighted by Crippen LogP contribution is -2.55. The van der Waals surface area contributed by atoms with Gasteiger partial charge in [-0.1, -0.05) is 68.8 Å². The zero-order valence-electron chi connectivity index (χ0n) is 35.4. The highest BCUT2D eigenvalue weighted by atomic mass is 16.4. The Hall–Kier alpha value is -6.74. The molecule has 5 rings (SSSR count). The molecule has 5 atom stereocenters. The largest absolute Gasteiger partial charge is 0.507 e. The van der Waals surface area contributed by atoms with Gasteiger partial charge in [-0.2, -0.15) is 0 Å². The Morgan fingerprint density at radius 3 is 2.11 bits per heavy atom. The fourth-order valence-corrected chi connectivity index (χ4v) is 7.27. The molecule has 0 fully saturated rings. The van der Waals surface area contributed by atoms with Crippen LogP contribution in [0.1, 0.15) is 79.5 Å². The molecular weight excluding hydrogens is 793 g/mol. The molecule has 0 aromatic heterocycles. The van der Waals surface area contributed by atoms with Crippen LogP contribution in [0.3, 0.4) is 0 Å². The standard InChI is InChI=1S/C47H56N6O9/c1-5-6-8-29-10-13-31(14-11-29)32-15-17-33(18-16-32)44(58)49-26-27(2)42(56)51-37(9-7-22-48)46(60)53(4)41-34-19-21-40(55)36(25-34)35-23-30(12-20-39(35)54)24-38(47(61)62)52-43(57)28(3)50-45(41)59/h10-21,23,25,27-28,37-38,41,54-55H,5-9,22,24,26,48H2,1-4H3,(H,49,58)(H,50,59)(H,51,56)(H,52,57)(H,61,62)/t27?,28-,37-,38-,41-/m0/s1. The molecule has 1 aliphatic rings. The van der Waals surface area contributed by atoms with Crippen LogP contribution in [0.5, 0.6) is 11.5 Å². The van der Waals surface area contributed by atoms with Gasteiger partial charge in [0.2, 0.25) is 23.6 Å². The summed E-state index contributed by atoms with van der Waals surface area (Å²) < 4.78 is 0. The fourth-order valence-electron chi connectivity index (χ4n) is 7.27. The fraction of sp³-hybridized carbons (Fsp3) is 0.362. The number of hydrogen-bond acceptors (Lipinski definition) is 9. The zero-order valence-corrected chi connectivity index (χ0v) is 35.4. The van der Waals surface area contributed by atoms with E-state index in [-0.39, 0.29) is 60.0 Å². The van der Waals surface area contributed by atoms with Gasteiger partial charge in [0.15, 0.2) is 0 Å². The van der Waals surface area contributed by atoms with Gasteiger partial charge in [-0.3, -0.25) is 24.0 Å². The van der Waals surface area contributed by atoms with Crippen LogP contribution in [0.2, 0.25) is 0 Å². The summed E-state index contributed by atoms with van der Waals surface area (Å²) >= 11 is 0. The molecule has 1 aliphatic heterocycles. The van der Waals surface area contributed by atoms with Crippen LogP contribution in [0.25, 0.3) is 22.3 Å². The van der Waals surface area contributed by atoms with E-state index >= 15 is 0 Å². The number of aliphatic carboxylic acids is 1. The summed E-state index contributed by atoms with van der Waals surface area (Å²) in [6.07, 6.45) is 3.55. The number of benzene rings is 4. The first-order chi connectivity index (χ1) is 29.6. The van der Waals surface area contributed by atoms with E-state index in [4.69, 9.17) is 5.73 Å². The van der Waals surface area contributed by atoms with Gasteiger partial charge in [0.25, 0.3) is 5.91 Å². The van der Waals surface area contributed by atoms with Crippen molar-refractivity contribution in [2.45, 2.75) is 83.5 Å². The number of fused-ring (bicyclic) bond motifs is 5. The number of phenols is 2. The molecule has 0 spiro atoms. The summed E-state index contributed by atoms with van der Waals surface area (Å²) in [5.41, 5.74) is 10.3. The molecule has 62 heavy (non-hydrogen) atoms. The minimum atomic E-state index is -1.45. The average molecular weight is 849 g/mol. The summed E-state index contributed by atoms with van der Waals surface area (Å²) in [5, 5.41) is 42.3. The molecule has 9 N–H and O–H groups in total. The Bertz CT molecular complexity index is 2260. The number of likely N-dealkylation sites (N-methyl/N-ethyl adjacent to an activating group) is 1. The quantitative estimate of drug-likeness (QED) is 0.0849. The minimum absolute atomic E-state index is 0.0443. The normalized spacial score (nSPS) is 17.3. The van der Waals surface area contributed by atoms with Crippen molar-refractivity contribution in [2.24, 2.45) is 11.7 Å². The first-order valence-corrected chi connectivity index (χ1v) is 20.8. The highest BCUT2D eigenvalue weighted by molar-refractivity contribution is 5.97. The van der Waals surface area contributed by atoms with Crippen LogP contribution in [-0.2, 0) is 36.8 Å². The van der Waals surface area contributed by atoms with Crippen molar-refractivity contribution in [1.82, 2.24) is 26.2 Å². The number of aromatic hydroxyl groups is 2. The summed E-state index contributed by atoms with van der Waals surface area (Å²) in [4.78, 5) is 81.7. The number of carboxylic acids is 1.